The molecule has 0 spiro atoms. The SMILES string of the molecule is Fc1ccc(Nc2nncc(NCc3ccccc3)n2)cc1. The molecule has 0 aliphatic carbocycles. The Hall–Kier alpha value is -3.02. The van der Waals surface area contributed by atoms with Crippen molar-refractivity contribution >= 4 is 17.5 Å². The van der Waals surface area contributed by atoms with Gasteiger partial charge in [-0.15, -0.1) is 5.10 Å². The Morgan fingerprint density at radius 2 is 1.73 bits per heavy atom. The molecule has 0 saturated heterocycles. The maximum Gasteiger partial charge on any atom is 0.249 e. The second-order valence-corrected chi connectivity index (χ2v) is 4.64. The van der Waals surface area contributed by atoms with Crippen molar-refractivity contribution in [1.29, 1.82) is 0 Å². The largest absolute Gasteiger partial charge is 0.365 e. The van der Waals surface area contributed by atoms with E-state index in [4.69, 9.17) is 0 Å². The number of benzene rings is 2. The van der Waals surface area contributed by atoms with Gasteiger partial charge in [-0.1, -0.05) is 30.3 Å². The quantitative estimate of drug-likeness (QED) is 0.755. The number of halogens is 1. The third-order valence-electron chi connectivity index (χ3n) is 2.98. The van der Waals surface area contributed by atoms with Crippen LogP contribution in [-0.2, 0) is 6.54 Å². The van der Waals surface area contributed by atoms with Gasteiger partial charge in [0.25, 0.3) is 0 Å². The molecule has 1 heterocycles. The van der Waals surface area contributed by atoms with Crippen LogP contribution in [0.4, 0.5) is 21.8 Å². The highest BCUT2D eigenvalue weighted by atomic mass is 19.1. The van der Waals surface area contributed by atoms with Crippen LogP contribution in [0.5, 0.6) is 0 Å². The molecule has 2 aromatic carbocycles. The summed E-state index contributed by atoms with van der Waals surface area (Å²) < 4.78 is 12.9. The van der Waals surface area contributed by atoms with Crippen LogP contribution in [0.15, 0.2) is 60.8 Å². The van der Waals surface area contributed by atoms with Crippen molar-refractivity contribution in [2.75, 3.05) is 10.6 Å². The molecule has 1 aromatic heterocycles. The van der Waals surface area contributed by atoms with Crippen LogP contribution in [-0.4, -0.2) is 15.2 Å². The Labute approximate surface area is 127 Å². The summed E-state index contributed by atoms with van der Waals surface area (Å²) in [7, 11) is 0. The monoisotopic (exact) mass is 295 g/mol. The molecule has 22 heavy (non-hydrogen) atoms. The van der Waals surface area contributed by atoms with Gasteiger partial charge in [0.05, 0.1) is 6.20 Å². The predicted molar refractivity (Wildman–Crippen MR) is 83.3 cm³/mol. The van der Waals surface area contributed by atoms with Crippen molar-refractivity contribution in [3.8, 4) is 0 Å². The lowest BCUT2D eigenvalue weighted by molar-refractivity contribution is 0.628. The number of anilines is 3. The van der Waals surface area contributed by atoms with E-state index >= 15 is 0 Å². The minimum atomic E-state index is -0.289. The summed E-state index contributed by atoms with van der Waals surface area (Å²) in [6, 6.07) is 16.0. The van der Waals surface area contributed by atoms with Gasteiger partial charge in [0.2, 0.25) is 5.95 Å². The van der Waals surface area contributed by atoms with E-state index < -0.39 is 0 Å². The van der Waals surface area contributed by atoms with Crippen molar-refractivity contribution in [2.45, 2.75) is 6.54 Å². The summed E-state index contributed by atoms with van der Waals surface area (Å²) >= 11 is 0. The van der Waals surface area contributed by atoms with E-state index in [0.29, 0.717) is 24.0 Å². The predicted octanol–water partition coefficient (Wildman–Crippen LogP) is 3.37. The normalized spacial score (nSPS) is 10.2. The summed E-state index contributed by atoms with van der Waals surface area (Å²) in [5.74, 6) is 0.677. The van der Waals surface area contributed by atoms with Gasteiger partial charge in [0, 0.05) is 12.2 Å². The lowest BCUT2D eigenvalue weighted by Gasteiger charge is -2.07. The molecule has 2 N–H and O–H groups in total. The van der Waals surface area contributed by atoms with Crippen molar-refractivity contribution < 1.29 is 4.39 Å². The zero-order valence-corrected chi connectivity index (χ0v) is 11.7. The van der Waals surface area contributed by atoms with Crippen LogP contribution in [0.3, 0.4) is 0 Å². The maximum atomic E-state index is 12.9. The Morgan fingerprint density at radius 3 is 2.50 bits per heavy atom. The van der Waals surface area contributed by atoms with E-state index in [-0.39, 0.29) is 5.82 Å². The molecular weight excluding hydrogens is 281 g/mol. The number of aromatic nitrogens is 3. The van der Waals surface area contributed by atoms with E-state index in [2.05, 4.69) is 25.8 Å². The molecule has 0 fully saturated rings. The number of rotatable bonds is 5. The molecule has 0 atom stereocenters. The van der Waals surface area contributed by atoms with Gasteiger partial charge < -0.3 is 10.6 Å². The first-order valence-electron chi connectivity index (χ1n) is 6.80. The molecule has 0 aliphatic heterocycles. The van der Waals surface area contributed by atoms with Crippen molar-refractivity contribution in [3.63, 3.8) is 0 Å². The van der Waals surface area contributed by atoms with Crippen molar-refractivity contribution in [1.82, 2.24) is 15.2 Å². The van der Waals surface area contributed by atoms with Crippen LogP contribution in [0.25, 0.3) is 0 Å². The Balaban J connectivity index is 1.66. The maximum absolute atomic E-state index is 12.9. The average molecular weight is 295 g/mol. The molecular formula is C16H14FN5. The number of hydrogen-bond acceptors (Lipinski definition) is 5. The molecule has 0 unspecified atom stereocenters. The van der Waals surface area contributed by atoms with Crippen molar-refractivity contribution in [2.24, 2.45) is 0 Å². The van der Waals surface area contributed by atoms with Gasteiger partial charge in [-0.3, -0.25) is 0 Å². The number of nitrogens with one attached hydrogen (secondary N) is 2. The zero-order chi connectivity index (χ0) is 15.2. The molecule has 110 valence electrons. The molecule has 3 rings (SSSR count). The van der Waals surface area contributed by atoms with Crippen LogP contribution in [0, 0.1) is 5.82 Å². The molecule has 0 amide bonds. The Morgan fingerprint density at radius 1 is 0.955 bits per heavy atom. The fraction of sp³-hybridized carbons (Fsp3) is 0.0625. The van der Waals surface area contributed by atoms with Crippen LogP contribution in [0.2, 0.25) is 0 Å². The topological polar surface area (TPSA) is 62.7 Å². The molecule has 5 nitrogen and oxygen atoms in total. The van der Waals surface area contributed by atoms with Crippen molar-refractivity contribution in [3.05, 3.63) is 72.2 Å². The second kappa shape index (κ2) is 6.62. The van der Waals surface area contributed by atoms with E-state index in [1.54, 1.807) is 18.3 Å². The standard InChI is InChI=1S/C16H14FN5/c17-13-6-8-14(9-7-13)20-16-21-15(11-19-22-16)18-10-12-4-2-1-3-5-12/h1-9,11H,10H2,(H2,18,20,21,22). The zero-order valence-electron chi connectivity index (χ0n) is 11.7. The lowest BCUT2D eigenvalue weighted by atomic mass is 10.2. The van der Waals surface area contributed by atoms with Gasteiger partial charge in [-0.05, 0) is 29.8 Å². The highest BCUT2D eigenvalue weighted by Crippen LogP contribution is 2.14. The van der Waals surface area contributed by atoms with E-state index in [1.807, 2.05) is 30.3 Å². The minimum absolute atomic E-state index is 0.289. The Bertz CT molecular complexity index is 731. The first-order valence-corrected chi connectivity index (χ1v) is 6.80. The summed E-state index contributed by atoms with van der Waals surface area (Å²) in [5, 5.41) is 14.0. The highest BCUT2D eigenvalue weighted by Gasteiger charge is 2.02. The van der Waals surface area contributed by atoms with E-state index in [9.17, 15) is 4.39 Å². The third kappa shape index (κ3) is 3.76. The van der Waals surface area contributed by atoms with Crippen LogP contribution < -0.4 is 10.6 Å². The summed E-state index contributed by atoms with van der Waals surface area (Å²) in [5.41, 5.74) is 1.84. The fourth-order valence-corrected chi connectivity index (χ4v) is 1.89. The molecule has 0 radical (unpaired) electrons. The van der Waals surface area contributed by atoms with Gasteiger partial charge in [0.1, 0.15) is 5.82 Å². The van der Waals surface area contributed by atoms with Gasteiger partial charge in [0.15, 0.2) is 5.82 Å². The molecule has 6 heteroatoms. The molecule has 0 saturated carbocycles. The van der Waals surface area contributed by atoms with Crippen LogP contribution >= 0.6 is 0 Å². The Kier molecular flexibility index (Phi) is 4.20. The van der Waals surface area contributed by atoms with E-state index in [1.165, 1.54) is 12.1 Å². The summed E-state index contributed by atoms with van der Waals surface area (Å²) in [6.07, 6.45) is 1.55. The second-order valence-electron chi connectivity index (χ2n) is 4.64. The fourth-order valence-electron chi connectivity index (χ4n) is 1.89. The van der Waals surface area contributed by atoms with Gasteiger partial charge in [-0.25, -0.2) is 4.39 Å². The lowest BCUT2D eigenvalue weighted by Crippen LogP contribution is -2.05. The number of nitrogens with zero attached hydrogens (tertiary/aromatic N) is 3. The van der Waals surface area contributed by atoms with Gasteiger partial charge in [-0.2, -0.15) is 10.1 Å². The minimum Gasteiger partial charge on any atom is -0.365 e. The average Bonchev–Trinajstić information content (AvgIpc) is 2.57. The number of hydrogen-bond donors (Lipinski definition) is 2. The smallest absolute Gasteiger partial charge is 0.249 e. The third-order valence-corrected chi connectivity index (χ3v) is 2.98. The summed E-state index contributed by atoms with van der Waals surface area (Å²) in [4.78, 5) is 4.32. The first-order chi connectivity index (χ1) is 10.8. The molecule has 3 aromatic rings. The van der Waals surface area contributed by atoms with Crippen LogP contribution in [0.1, 0.15) is 5.56 Å². The first kappa shape index (κ1) is 13.9. The highest BCUT2D eigenvalue weighted by molar-refractivity contribution is 5.53. The van der Waals surface area contributed by atoms with E-state index in [0.717, 1.165) is 5.56 Å². The molecule has 0 aliphatic rings. The van der Waals surface area contributed by atoms with Gasteiger partial charge >= 0.3 is 0 Å². The molecule has 0 bridgehead atoms. The summed E-state index contributed by atoms with van der Waals surface area (Å²) in [6.45, 7) is 0.648.